The third kappa shape index (κ3) is 3.09. The molecule has 0 aliphatic carbocycles. The number of aromatic nitrogens is 1. The smallest absolute Gasteiger partial charge is 0.262 e. The minimum absolute atomic E-state index is 0.310. The highest BCUT2D eigenvalue weighted by Gasteiger charge is 2.21. The number of carbonyl (C=O) groups is 1. The van der Waals surface area contributed by atoms with E-state index in [2.05, 4.69) is 36.3 Å². The van der Waals surface area contributed by atoms with Crippen LogP contribution in [0.1, 0.15) is 33.0 Å². The average molecular weight is 361 g/mol. The van der Waals surface area contributed by atoms with Crippen molar-refractivity contribution in [2.45, 2.75) is 27.7 Å². The first-order chi connectivity index (χ1) is 11.4. The first-order valence-corrected chi connectivity index (χ1v) is 8.72. The minimum Gasteiger partial charge on any atom is -0.464 e. The maximum absolute atomic E-state index is 12.4. The van der Waals surface area contributed by atoms with Crippen molar-refractivity contribution in [1.82, 2.24) is 4.98 Å². The zero-order valence-corrected chi connectivity index (χ0v) is 15.4. The van der Waals surface area contributed by atoms with E-state index in [-0.39, 0.29) is 5.91 Å². The molecule has 0 saturated carbocycles. The van der Waals surface area contributed by atoms with Gasteiger partial charge in [-0.3, -0.25) is 10.1 Å². The summed E-state index contributed by atoms with van der Waals surface area (Å²) in [6.45, 7) is 7.59. The number of carbonyl (C=O) groups excluding carboxylic acids is 1. The summed E-state index contributed by atoms with van der Waals surface area (Å²) in [5.41, 5.74) is 4.68. The fourth-order valence-electron chi connectivity index (χ4n) is 2.44. The van der Waals surface area contributed by atoms with Gasteiger partial charge in [0.2, 0.25) is 0 Å². The molecule has 6 heteroatoms. The molecule has 0 aliphatic rings. The Balaban J connectivity index is 1.83. The third-order valence-electron chi connectivity index (χ3n) is 3.94. The molecule has 2 heterocycles. The van der Waals surface area contributed by atoms with Crippen molar-refractivity contribution in [2.75, 3.05) is 5.32 Å². The van der Waals surface area contributed by atoms with Crippen LogP contribution in [-0.2, 0) is 0 Å². The van der Waals surface area contributed by atoms with E-state index in [9.17, 15) is 4.79 Å². The predicted molar refractivity (Wildman–Crippen MR) is 98.2 cm³/mol. The molecule has 0 bridgehead atoms. The zero-order valence-electron chi connectivity index (χ0n) is 13.9. The fraction of sp³-hybridized carbons (Fsp3) is 0.222. The van der Waals surface area contributed by atoms with Crippen molar-refractivity contribution in [3.05, 3.63) is 56.8 Å². The summed E-state index contributed by atoms with van der Waals surface area (Å²) in [6, 6.07) is 6.19. The number of aryl methyl sites for hydroxylation is 4. The number of nitrogens with zero attached hydrogens (tertiary/aromatic N) is 1. The van der Waals surface area contributed by atoms with E-state index in [1.807, 2.05) is 11.4 Å². The second-order valence-electron chi connectivity index (χ2n) is 5.69. The number of anilines is 1. The summed E-state index contributed by atoms with van der Waals surface area (Å²) in [6.07, 6.45) is 0. The Hall–Kier alpha value is -2.11. The summed E-state index contributed by atoms with van der Waals surface area (Å²) in [7, 11) is 0. The Morgan fingerprint density at radius 2 is 1.92 bits per heavy atom. The Kier molecular flexibility index (Phi) is 4.47. The van der Waals surface area contributed by atoms with Gasteiger partial charge in [-0.15, -0.1) is 11.3 Å². The van der Waals surface area contributed by atoms with Crippen LogP contribution in [-0.4, -0.2) is 10.9 Å². The van der Waals surface area contributed by atoms with Crippen LogP contribution in [0.5, 0.6) is 0 Å². The molecular weight excluding hydrogens is 344 g/mol. The molecule has 3 rings (SSSR count). The lowest BCUT2D eigenvalue weighted by Crippen LogP contribution is -2.12. The lowest BCUT2D eigenvalue weighted by atomic mass is 10.1. The van der Waals surface area contributed by atoms with E-state index in [1.165, 1.54) is 22.5 Å². The first-order valence-electron chi connectivity index (χ1n) is 7.47. The van der Waals surface area contributed by atoms with Crippen molar-refractivity contribution < 1.29 is 9.21 Å². The summed E-state index contributed by atoms with van der Waals surface area (Å²) >= 11 is 7.52. The first kappa shape index (κ1) is 16.7. The van der Waals surface area contributed by atoms with Gasteiger partial charge < -0.3 is 4.42 Å². The number of rotatable bonds is 3. The van der Waals surface area contributed by atoms with Gasteiger partial charge >= 0.3 is 0 Å². The summed E-state index contributed by atoms with van der Waals surface area (Å²) < 4.78 is 5.39. The molecular formula is C18H17ClN2O2S. The molecule has 0 radical (unpaired) electrons. The summed E-state index contributed by atoms with van der Waals surface area (Å²) in [4.78, 5) is 16.9. The highest BCUT2D eigenvalue weighted by Crippen LogP contribution is 2.30. The molecule has 0 aliphatic heterocycles. The van der Waals surface area contributed by atoms with Crippen LogP contribution in [0.25, 0.3) is 11.3 Å². The van der Waals surface area contributed by atoms with Crippen molar-refractivity contribution in [3.8, 4) is 11.3 Å². The Morgan fingerprint density at radius 3 is 2.54 bits per heavy atom. The number of halogens is 1. The number of thiazole rings is 1. The number of hydrogen-bond acceptors (Lipinski definition) is 4. The number of furan rings is 1. The van der Waals surface area contributed by atoms with Crippen molar-refractivity contribution in [2.24, 2.45) is 0 Å². The lowest BCUT2D eigenvalue weighted by molar-refractivity contribution is 0.102. The van der Waals surface area contributed by atoms with Crippen molar-refractivity contribution in [3.63, 3.8) is 0 Å². The lowest BCUT2D eigenvalue weighted by Gasteiger charge is -2.03. The third-order valence-corrected chi connectivity index (χ3v) is 5.15. The Bertz CT molecular complexity index is 927. The van der Waals surface area contributed by atoms with E-state index < -0.39 is 0 Å². The Labute approximate surface area is 149 Å². The van der Waals surface area contributed by atoms with Gasteiger partial charge in [-0.1, -0.05) is 23.7 Å². The molecule has 3 aromatic rings. The largest absolute Gasteiger partial charge is 0.464 e. The highest BCUT2D eigenvalue weighted by molar-refractivity contribution is 7.14. The van der Waals surface area contributed by atoms with Crippen LogP contribution >= 0.6 is 22.9 Å². The van der Waals surface area contributed by atoms with Crippen LogP contribution in [0.3, 0.4) is 0 Å². The minimum atomic E-state index is -0.310. The van der Waals surface area contributed by atoms with Crippen LogP contribution in [0.15, 0.2) is 28.0 Å². The number of benzene rings is 1. The average Bonchev–Trinajstić information content (AvgIpc) is 3.07. The molecule has 1 amide bonds. The standard InChI is InChI=1S/C18H17ClN2O2S/c1-9-5-6-13(7-10(9)2)14-8-24-18(20-14)21-17(22)15-11(3)23-12(4)16(15)19/h5-8H,1-4H3,(H,20,21,22). The Morgan fingerprint density at radius 1 is 1.17 bits per heavy atom. The van der Waals surface area contributed by atoms with Gasteiger partial charge in [-0.25, -0.2) is 4.98 Å². The van der Waals surface area contributed by atoms with Crippen LogP contribution < -0.4 is 5.32 Å². The molecule has 2 aromatic heterocycles. The topological polar surface area (TPSA) is 55.1 Å². The molecule has 1 aromatic carbocycles. The van der Waals surface area contributed by atoms with Gasteiger partial charge in [-0.2, -0.15) is 0 Å². The SMILES string of the molecule is Cc1ccc(-c2csc(NC(=O)c3c(C)oc(C)c3Cl)n2)cc1C. The quantitative estimate of drug-likeness (QED) is 0.666. The van der Waals surface area contributed by atoms with Crippen LogP contribution in [0, 0.1) is 27.7 Å². The molecule has 1 N–H and O–H groups in total. The molecule has 0 atom stereocenters. The normalized spacial score (nSPS) is 10.9. The van der Waals surface area contributed by atoms with Crippen molar-refractivity contribution in [1.29, 1.82) is 0 Å². The highest BCUT2D eigenvalue weighted by atomic mass is 35.5. The second kappa shape index (κ2) is 6.42. The maximum atomic E-state index is 12.4. The van der Waals surface area contributed by atoms with Gasteiger partial charge in [0.15, 0.2) is 5.13 Å². The molecule has 0 saturated heterocycles. The molecule has 24 heavy (non-hydrogen) atoms. The zero-order chi connectivity index (χ0) is 17.4. The van der Waals surface area contributed by atoms with E-state index >= 15 is 0 Å². The summed E-state index contributed by atoms with van der Waals surface area (Å²) in [5.74, 6) is 0.727. The maximum Gasteiger partial charge on any atom is 0.262 e. The van der Waals surface area contributed by atoms with Gasteiger partial charge in [0.25, 0.3) is 5.91 Å². The van der Waals surface area contributed by atoms with Crippen LogP contribution in [0.2, 0.25) is 5.02 Å². The number of amides is 1. The molecule has 0 fully saturated rings. The molecule has 124 valence electrons. The van der Waals surface area contributed by atoms with Gasteiger partial charge in [0, 0.05) is 10.9 Å². The second-order valence-corrected chi connectivity index (χ2v) is 6.93. The van der Waals surface area contributed by atoms with Gasteiger partial charge in [0.1, 0.15) is 11.5 Å². The number of nitrogens with one attached hydrogen (secondary N) is 1. The number of hydrogen-bond donors (Lipinski definition) is 1. The summed E-state index contributed by atoms with van der Waals surface area (Å²) in [5, 5.41) is 5.59. The van der Waals surface area contributed by atoms with Crippen molar-refractivity contribution >= 4 is 34.0 Å². The van der Waals surface area contributed by atoms with E-state index in [0.717, 1.165) is 11.3 Å². The monoisotopic (exact) mass is 360 g/mol. The molecule has 0 spiro atoms. The van der Waals surface area contributed by atoms with E-state index in [4.69, 9.17) is 16.0 Å². The van der Waals surface area contributed by atoms with Crippen LogP contribution in [0.4, 0.5) is 5.13 Å². The predicted octanol–water partition coefficient (Wildman–Crippen LogP) is 5.54. The fourth-order valence-corrected chi connectivity index (χ4v) is 3.41. The van der Waals surface area contributed by atoms with Gasteiger partial charge in [-0.05, 0) is 44.9 Å². The van der Waals surface area contributed by atoms with E-state index in [0.29, 0.717) is 27.2 Å². The van der Waals surface area contributed by atoms with Gasteiger partial charge in [0.05, 0.1) is 16.3 Å². The van der Waals surface area contributed by atoms with E-state index in [1.54, 1.807) is 13.8 Å². The molecule has 0 unspecified atom stereocenters. The molecule has 4 nitrogen and oxygen atoms in total.